The number of ether oxygens (including phenoxy) is 3. The highest BCUT2D eigenvalue weighted by atomic mass is 16.5. The van der Waals surface area contributed by atoms with Crippen LogP contribution >= 0.6 is 0 Å². The first-order chi connectivity index (χ1) is 14.4. The van der Waals surface area contributed by atoms with E-state index < -0.39 is 5.54 Å². The molecular formula is C23H28N2O5. The lowest BCUT2D eigenvalue weighted by Crippen LogP contribution is -2.43. The smallest absolute Gasteiger partial charge is 0.325 e. The number of rotatable bonds is 9. The number of nitrogens with zero attached hydrogens (tertiary/aromatic N) is 1. The van der Waals surface area contributed by atoms with E-state index in [9.17, 15) is 9.59 Å². The van der Waals surface area contributed by atoms with Crippen LogP contribution in [-0.4, -0.2) is 44.2 Å². The van der Waals surface area contributed by atoms with Crippen LogP contribution in [0.15, 0.2) is 42.5 Å². The normalized spacial score (nSPS) is 18.3. The van der Waals surface area contributed by atoms with Crippen LogP contribution in [0, 0.1) is 6.92 Å². The van der Waals surface area contributed by atoms with Gasteiger partial charge in [-0.3, -0.25) is 9.69 Å². The molecular weight excluding hydrogens is 384 g/mol. The molecule has 0 aliphatic carbocycles. The number of carbonyl (C=O) groups excluding carboxylic acids is 2. The van der Waals surface area contributed by atoms with Crippen LogP contribution in [0.4, 0.5) is 4.79 Å². The fourth-order valence-corrected chi connectivity index (χ4v) is 3.70. The molecule has 1 atom stereocenters. The Balaban J connectivity index is 1.64. The van der Waals surface area contributed by atoms with Crippen molar-refractivity contribution in [2.75, 3.05) is 27.4 Å². The zero-order valence-electron chi connectivity index (χ0n) is 17.9. The average Bonchev–Trinajstić information content (AvgIpc) is 3.01. The molecule has 2 aromatic rings. The van der Waals surface area contributed by atoms with Crippen molar-refractivity contribution in [2.45, 2.75) is 32.2 Å². The number of benzene rings is 2. The van der Waals surface area contributed by atoms with E-state index in [1.165, 1.54) is 4.90 Å². The summed E-state index contributed by atoms with van der Waals surface area (Å²) in [5, 5.41) is 2.91. The SMILES string of the molecule is CCC1(c2ccc(OC)c(C)c2)NC(=O)N(CCCOc2ccc(OC)cc2)C1=O. The summed E-state index contributed by atoms with van der Waals surface area (Å²) in [5.74, 6) is 1.98. The van der Waals surface area contributed by atoms with Gasteiger partial charge in [-0.25, -0.2) is 4.79 Å². The van der Waals surface area contributed by atoms with E-state index in [1.54, 1.807) is 14.2 Å². The van der Waals surface area contributed by atoms with Gasteiger partial charge >= 0.3 is 6.03 Å². The van der Waals surface area contributed by atoms with Crippen molar-refractivity contribution < 1.29 is 23.8 Å². The third kappa shape index (κ3) is 4.06. The molecule has 160 valence electrons. The highest BCUT2D eigenvalue weighted by Crippen LogP contribution is 2.34. The van der Waals surface area contributed by atoms with E-state index in [0.29, 0.717) is 25.2 Å². The summed E-state index contributed by atoms with van der Waals surface area (Å²) in [5.41, 5.74) is 0.625. The molecule has 30 heavy (non-hydrogen) atoms. The number of hydrogen-bond acceptors (Lipinski definition) is 5. The van der Waals surface area contributed by atoms with Crippen LogP contribution in [0.2, 0.25) is 0 Å². The molecule has 3 amide bonds. The summed E-state index contributed by atoms with van der Waals surface area (Å²) in [4.78, 5) is 27.1. The van der Waals surface area contributed by atoms with Crippen molar-refractivity contribution in [1.82, 2.24) is 10.2 Å². The quantitative estimate of drug-likeness (QED) is 0.503. The maximum Gasteiger partial charge on any atom is 0.325 e. The van der Waals surface area contributed by atoms with Crippen molar-refractivity contribution >= 4 is 11.9 Å². The lowest BCUT2D eigenvalue weighted by Gasteiger charge is -2.26. The number of carbonyl (C=O) groups is 2. The number of hydrogen-bond donors (Lipinski definition) is 1. The Morgan fingerprint density at radius 3 is 2.30 bits per heavy atom. The topological polar surface area (TPSA) is 77.1 Å². The van der Waals surface area contributed by atoms with Gasteiger partial charge in [0.25, 0.3) is 5.91 Å². The van der Waals surface area contributed by atoms with Crippen LogP contribution in [0.1, 0.15) is 30.9 Å². The van der Waals surface area contributed by atoms with Gasteiger partial charge in [0.2, 0.25) is 0 Å². The van der Waals surface area contributed by atoms with Crippen LogP contribution < -0.4 is 19.5 Å². The van der Waals surface area contributed by atoms with E-state index in [2.05, 4.69) is 5.32 Å². The van der Waals surface area contributed by atoms with Gasteiger partial charge in [-0.05, 0) is 67.3 Å². The first kappa shape index (κ1) is 21.5. The Hall–Kier alpha value is -3.22. The Kier molecular flexibility index (Phi) is 6.50. The van der Waals surface area contributed by atoms with E-state index in [4.69, 9.17) is 14.2 Å². The van der Waals surface area contributed by atoms with E-state index in [-0.39, 0.29) is 18.5 Å². The molecule has 0 radical (unpaired) electrons. The summed E-state index contributed by atoms with van der Waals surface area (Å²) < 4.78 is 16.1. The first-order valence-electron chi connectivity index (χ1n) is 10.0. The van der Waals surface area contributed by atoms with Crippen LogP contribution in [0.25, 0.3) is 0 Å². The van der Waals surface area contributed by atoms with Gasteiger partial charge in [-0.1, -0.05) is 13.0 Å². The van der Waals surface area contributed by atoms with Crippen molar-refractivity contribution in [3.05, 3.63) is 53.6 Å². The fourth-order valence-electron chi connectivity index (χ4n) is 3.70. The van der Waals surface area contributed by atoms with Gasteiger partial charge in [0.1, 0.15) is 22.8 Å². The van der Waals surface area contributed by atoms with Crippen molar-refractivity contribution in [3.63, 3.8) is 0 Å². The number of imide groups is 1. The molecule has 0 bridgehead atoms. The molecule has 1 fully saturated rings. The monoisotopic (exact) mass is 412 g/mol. The van der Waals surface area contributed by atoms with Crippen molar-refractivity contribution in [1.29, 1.82) is 0 Å². The highest BCUT2D eigenvalue weighted by Gasteiger charge is 2.51. The molecule has 2 aromatic carbocycles. The minimum atomic E-state index is -1.05. The van der Waals surface area contributed by atoms with Crippen LogP contribution in [0.5, 0.6) is 17.2 Å². The number of amides is 3. The lowest BCUT2D eigenvalue weighted by molar-refractivity contribution is -0.131. The standard InChI is InChI=1S/C23H28N2O5/c1-5-23(17-7-12-20(29-4)16(2)15-17)21(26)25(22(27)24-23)13-6-14-30-19-10-8-18(28-3)9-11-19/h7-12,15H,5-6,13-14H2,1-4H3,(H,24,27). The maximum absolute atomic E-state index is 13.2. The molecule has 0 saturated carbocycles. The van der Waals surface area contributed by atoms with Gasteiger partial charge in [-0.2, -0.15) is 0 Å². The zero-order valence-corrected chi connectivity index (χ0v) is 17.9. The zero-order chi connectivity index (χ0) is 21.7. The second-order valence-electron chi connectivity index (χ2n) is 7.21. The molecule has 1 heterocycles. The second-order valence-corrected chi connectivity index (χ2v) is 7.21. The number of nitrogens with one attached hydrogen (secondary N) is 1. The summed E-state index contributed by atoms with van der Waals surface area (Å²) in [6.07, 6.45) is 0.995. The summed E-state index contributed by atoms with van der Waals surface area (Å²) in [6.45, 7) is 4.50. The van der Waals surface area contributed by atoms with Gasteiger partial charge in [0.15, 0.2) is 0 Å². The molecule has 7 heteroatoms. The van der Waals surface area contributed by atoms with Crippen LogP contribution in [-0.2, 0) is 10.3 Å². The number of methoxy groups -OCH3 is 2. The Labute approximate surface area is 176 Å². The minimum Gasteiger partial charge on any atom is -0.497 e. The molecule has 1 aliphatic heterocycles. The molecule has 0 aromatic heterocycles. The molecule has 1 saturated heterocycles. The predicted molar refractivity (Wildman–Crippen MR) is 113 cm³/mol. The van der Waals surface area contributed by atoms with Crippen LogP contribution in [0.3, 0.4) is 0 Å². The third-order valence-corrected chi connectivity index (χ3v) is 5.45. The van der Waals surface area contributed by atoms with E-state index in [0.717, 1.165) is 22.6 Å². The average molecular weight is 412 g/mol. The van der Waals surface area contributed by atoms with E-state index >= 15 is 0 Å². The van der Waals surface area contributed by atoms with Gasteiger partial charge in [0, 0.05) is 6.54 Å². The Bertz CT molecular complexity index is 912. The molecule has 3 rings (SSSR count). The largest absolute Gasteiger partial charge is 0.497 e. The molecule has 7 nitrogen and oxygen atoms in total. The van der Waals surface area contributed by atoms with Gasteiger partial charge < -0.3 is 19.5 Å². The van der Waals surface area contributed by atoms with Gasteiger partial charge in [-0.15, -0.1) is 0 Å². The summed E-state index contributed by atoms with van der Waals surface area (Å²) >= 11 is 0. The molecule has 1 N–H and O–H groups in total. The highest BCUT2D eigenvalue weighted by molar-refractivity contribution is 6.07. The third-order valence-electron chi connectivity index (χ3n) is 5.45. The maximum atomic E-state index is 13.2. The summed E-state index contributed by atoms with van der Waals surface area (Å²) in [7, 11) is 3.22. The number of aryl methyl sites for hydroxylation is 1. The second kappa shape index (κ2) is 9.07. The predicted octanol–water partition coefficient (Wildman–Crippen LogP) is 3.64. The Morgan fingerprint density at radius 1 is 1.00 bits per heavy atom. The fraction of sp³-hybridized carbons (Fsp3) is 0.391. The van der Waals surface area contributed by atoms with Crippen molar-refractivity contribution in [3.8, 4) is 17.2 Å². The molecule has 0 spiro atoms. The number of urea groups is 1. The minimum absolute atomic E-state index is 0.232. The molecule has 1 aliphatic rings. The summed E-state index contributed by atoms with van der Waals surface area (Å²) in [6, 6.07) is 12.5. The first-order valence-corrected chi connectivity index (χ1v) is 10.0. The van der Waals surface area contributed by atoms with E-state index in [1.807, 2.05) is 56.3 Å². The lowest BCUT2D eigenvalue weighted by atomic mass is 9.86. The molecule has 1 unspecified atom stereocenters. The van der Waals surface area contributed by atoms with Crippen molar-refractivity contribution in [2.24, 2.45) is 0 Å². The Morgan fingerprint density at radius 2 is 1.70 bits per heavy atom. The van der Waals surface area contributed by atoms with Gasteiger partial charge in [0.05, 0.1) is 20.8 Å².